The highest BCUT2D eigenvalue weighted by molar-refractivity contribution is 7.97. The fourth-order valence-electron chi connectivity index (χ4n) is 2.72. The SMILES string of the molecule is Clc1cc2c(c(CSCc3coc(-c4ccccc4)n3)c1)OCOC2. The van der Waals surface area contributed by atoms with Crippen molar-refractivity contribution in [2.24, 2.45) is 0 Å². The summed E-state index contributed by atoms with van der Waals surface area (Å²) in [5.74, 6) is 3.09. The van der Waals surface area contributed by atoms with Gasteiger partial charge in [0, 0.05) is 33.2 Å². The van der Waals surface area contributed by atoms with Crippen molar-refractivity contribution in [2.45, 2.75) is 18.1 Å². The van der Waals surface area contributed by atoms with Crippen LogP contribution in [0.15, 0.2) is 53.1 Å². The Morgan fingerprint density at radius 1 is 1.12 bits per heavy atom. The number of halogens is 1. The summed E-state index contributed by atoms with van der Waals surface area (Å²) in [5.41, 5.74) is 3.99. The molecule has 1 aromatic heterocycles. The molecule has 128 valence electrons. The lowest BCUT2D eigenvalue weighted by atomic mass is 10.1. The Balaban J connectivity index is 1.42. The first kappa shape index (κ1) is 16.5. The van der Waals surface area contributed by atoms with Crippen molar-refractivity contribution in [2.75, 3.05) is 6.79 Å². The summed E-state index contributed by atoms with van der Waals surface area (Å²) in [6.07, 6.45) is 1.72. The van der Waals surface area contributed by atoms with Crippen molar-refractivity contribution in [1.82, 2.24) is 4.98 Å². The van der Waals surface area contributed by atoms with Gasteiger partial charge in [-0.1, -0.05) is 29.8 Å². The van der Waals surface area contributed by atoms with Gasteiger partial charge in [0.05, 0.1) is 12.3 Å². The average molecular weight is 374 g/mol. The van der Waals surface area contributed by atoms with Crippen molar-refractivity contribution in [3.05, 3.63) is 70.6 Å². The molecule has 0 spiro atoms. The highest BCUT2D eigenvalue weighted by Gasteiger charge is 2.16. The van der Waals surface area contributed by atoms with Gasteiger partial charge in [-0.3, -0.25) is 0 Å². The Labute approximate surface area is 155 Å². The standard InChI is InChI=1S/C19H16ClNO3S/c20-16-6-14-8-22-12-24-18(14)15(7-16)10-25-11-17-9-23-19(21-17)13-4-2-1-3-5-13/h1-7,9H,8,10-12H2. The first-order valence-electron chi connectivity index (χ1n) is 7.89. The molecule has 2 heterocycles. The average Bonchev–Trinajstić information content (AvgIpc) is 3.11. The molecule has 0 atom stereocenters. The van der Waals surface area contributed by atoms with E-state index in [4.69, 9.17) is 25.5 Å². The van der Waals surface area contributed by atoms with Gasteiger partial charge in [0.15, 0.2) is 6.79 Å². The molecule has 0 radical (unpaired) electrons. The van der Waals surface area contributed by atoms with Crippen LogP contribution in [0.5, 0.6) is 5.75 Å². The van der Waals surface area contributed by atoms with E-state index in [1.807, 2.05) is 42.5 Å². The molecule has 0 fully saturated rings. The highest BCUT2D eigenvalue weighted by Crippen LogP contribution is 2.34. The minimum atomic E-state index is 0.288. The van der Waals surface area contributed by atoms with Gasteiger partial charge >= 0.3 is 0 Å². The van der Waals surface area contributed by atoms with Crippen molar-refractivity contribution < 1.29 is 13.9 Å². The number of oxazole rings is 1. The number of nitrogens with zero attached hydrogens (tertiary/aromatic N) is 1. The molecule has 4 rings (SSSR count). The largest absolute Gasteiger partial charge is 0.467 e. The molecule has 0 saturated heterocycles. The van der Waals surface area contributed by atoms with Gasteiger partial charge in [0.2, 0.25) is 5.89 Å². The summed E-state index contributed by atoms with van der Waals surface area (Å²) in [6, 6.07) is 13.7. The lowest BCUT2D eigenvalue weighted by Crippen LogP contribution is -2.12. The van der Waals surface area contributed by atoms with Crippen molar-refractivity contribution >= 4 is 23.4 Å². The number of fused-ring (bicyclic) bond motifs is 1. The molecule has 25 heavy (non-hydrogen) atoms. The third kappa shape index (κ3) is 3.84. The minimum absolute atomic E-state index is 0.288. The summed E-state index contributed by atoms with van der Waals surface area (Å²) in [5, 5.41) is 0.705. The lowest BCUT2D eigenvalue weighted by molar-refractivity contribution is -0.0168. The van der Waals surface area contributed by atoms with Crippen molar-refractivity contribution in [1.29, 1.82) is 0 Å². The molecule has 0 unspecified atom stereocenters. The molecule has 0 N–H and O–H groups in total. The zero-order valence-electron chi connectivity index (χ0n) is 13.4. The van der Waals surface area contributed by atoms with Crippen LogP contribution in [0.3, 0.4) is 0 Å². The normalized spacial score (nSPS) is 13.3. The maximum atomic E-state index is 6.20. The number of benzene rings is 2. The Bertz CT molecular complexity index is 866. The number of hydrogen-bond donors (Lipinski definition) is 0. The summed E-state index contributed by atoms with van der Waals surface area (Å²) >= 11 is 7.95. The van der Waals surface area contributed by atoms with Crippen LogP contribution in [-0.4, -0.2) is 11.8 Å². The highest BCUT2D eigenvalue weighted by atomic mass is 35.5. The van der Waals surface area contributed by atoms with E-state index in [-0.39, 0.29) is 6.79 Å². The second-order valence-corrected chi connectivity index (χ2v) is 7.09. The predicted molar refractivity (Wildman–Crippen MR) is 98.7 cm³/mol. The number of aromatic nitrogens is 1. The lowest BCUT2D eigenvalue weighted by Gasteiger charge is -2.21. The van der Waals surface area contributed by atoms with E-state index in [2.05, 4.69) is 4.98 Å². The fourth-order valence-corrected chi connectivity index (χ4v) is 3.86. The molecule has 6 heteroatoms. The summed E-state index contributed by atoms with van der Waals surface area (Å²) in [4.78, 5) is 4.55. The predicted octanol–water partition coefficient (Wildman–Crippen LogP) is 5.29. The molecule has 3 aromatic rings. The van der Waals surface area contributed by atoms with Gasteiger partial charge in [-0.25, -0.2) is 4.98 Å². The molecule has 4 nitrogen and oxygen atoms in total. The topological polar surface area (TPSA) is 44.5 Å². The van der Waals surface area contributed by atoms with Crippen LogP contribution < -0.4 is 4.74 Å². The fraction of sp³-hybridized carbons (Fsp3) is 0.211. The van der Waals surface area contributed by atoms with E-state index in [1.54, 1.807) is 18.0 Å². The summed E-state index contributed by atoms with van der Waals surface area (Å²) < 4.78 is 16.5. The second-order valence-electron chi connectivity index (χ2n) is 5.67. The number of rotatable bonds is 5. The third-order valence-corrected chi connectivity index (χ3v) is 5.06. The number of thioether (sulfide) groups is 1. The smallest absolute Gasteiger partial charge is 0.226 e. The van der Waals surface area contributed by atoms with E-state index in [0.29, 0.717) is 17.5 Å². The monoisotopic (exact) mass is 373 g/mol. The van der Waals surface area contributed by atoms with E-state index >= 15 is 0 Å². The van der Waals surface area contributed by atoms with Crippen LogP contribution >= 0.6 is 23.4 Å². The van der Waals surface area contributed by atoms with Crippen LogP contribution in [-0.2, 0) is 22.8 Å². The minimum Gasteiger partial charge on any atom is -0.467 e. The Morgan fingerprint density at radius 3 is 2.88 bits per heavy atom. The van der Waals surface area contributed by atoms with Gasteiger partial charge in [0.1, 0.15) is 12.0 Å². The number of hydrogen-bond acceptors (Lipinski definition) is 5. The Hall–Kier alpha value is -1.95. The van der Waals surface area contributed by atoms with E-state index in [0.717, 1.165) is 39.6 Å². The molecule has 0 bridgehead atoms. The van der Waals surface area contributed by atoms with Crippen LogP contribution in [0.4, 0.5) is 0 Å². The molecule has 0 saturated carbocycles. The van der Waals surface area contributed by atoms with Gasteiger partial charge in [-0.05, 0) is 24.3 Å². The summed E-state index contributed by atoms with van der Waals surface area (Å²) in [7, 11) is 0. The molecule has 2 aromatic carbocycles. The number of ether oxygens (including phenoxy) is 2. The van der Waals surface area contributed by atoms with Crippen LogP contribution in [0.25, 0.3) is 11.5 Å². The van der Waals surface area contributed by atoms with Crippen molar-refractivity contribution in [3.63, 3.8) is 0 Å². The molecule has 1 aliphatic rings. The summed E-state index contributed by atoms with van der Waals surface area (Å²) in [6.45, 7) is 0.827. The van der Waals surface area contributed by atoms with Crippen LogP contribution in [0, 0.1) is 0 Å². The molecule has 0 aliphatic carbocycles. The van der Waals surface area contributed by atoms with E-state index < -0.39 is 0 Å². The molecule has 1 aliphatic heterocycles. The molecule has 0 amide bonds. The molecular weight excluding hydrogens is 358 g/mol. The van der Waals surface area contributed by atoms with Gasteiger partial charge in [0.25, 0.3) is 0 Å². The first-order valence-corrected chi connectivity index (χ1v) is 9.42. The second kappa shape index (κ2) is 7.52. The van der Waals surface area contributed by atoms with Crippen LogP contribution in [0.1, 0.15) is 16.8 Å². The van der Waals surface area contributed by atoms with E-state index in [9.17, 15) is 0 Å². The quantitative estimate of drug-likeness (QED) is 0.607. The first-order chi connectivity index (χ1) is 12.3. The van der Waals surface area contributed by atoms with Crippen molar-refractivity contribution in [3.8, 4) is 17.2 Å². The van der Waals surface area contributed by atoms with Gasteiger partial charge in [-0.15, -0.1) is 0 Å². The maximum absolute atomic E-state index is 6.20. The zero-order chi connectivity index (χ0) is 17.1. The third-order valence-electron chi connectivity index (χ3n) is 3.83. The zero-order valence-corrected chi connectivity index (χ0v) is 15.0. The van der Waals surface area contributed by atoms with E-state index in [1.165, 1.54) is 0 Å². The van der Waals surface area contributed by atoms with Crippen LogP contribution in [0.2, 0.25) is 5.02 Å². The maximum Gasteiger partial charge on any atom is 0.226 e. The molecular formula is C19H16ClNO3S. The van der Waals surface area contributed by atoms with Gasteiger partial charge in [-0.2, -0.15) is 11.8 Å². The van der Waals surface area contributed by atoms with Gasteiger partial charge < -0.3 is 13.9 Å². The Morgan fingerprint density at radius 2 is 2.00 bits per heavy atom. The Kier molecular flexibility index (Phi) is 4.97.